The molecule has 61 heavy (non-hydrogen) atoms. The third kappa shape index (κ3) is 48.2. The van der Waals surface area contributed by atoms with E-state index in [1.807, 2.05) is 6.08 Å². The lowest BCUT2D eigenvalue weighted by Crippen LogP contribution is -2.45. The molecule has 0 bridgehead atoms. The van der Waals surface area contributed by atoms with Crippen LogP contribution in [0.25, 0.3) is 0 Å². The largest absolute Gasteiger partial charge is 0.394 e. The molecular formula is C57H99NO3. The number of carbonyl (C=O) groups excluding carboxylic acids is 1. The summed E-state index contributed by atoms with van der Waals surface area (Å²) in [6.07, 6.45) is 76.9. The number of hydrogen-bond donors (Lipinski definition) is 3. The topological polar surface area (TPSA) is 69.6 Å². The van der Waals surface area contributed by atoms with Crippen LogP contribution in [0, 0.1) is 0 Å². The van der Waals surface area contributed by atoms with Crippen LogP contribution in [-0.4, -0.2) is 34.9 Å². The molecule has 4 nitrogen and oxygen atoms in total. The van der Waals surface area contributed by atoms with Gasteiger partial charge in [-0.25, -0.2) is 0 Å². The van der Waals surface area contributed by atoms with Crippen LogP contribution in [0.3, 0.4) is 0 Å². The fourth-order valence-corrected chi connectivity index (χ4v) is 7.35. The molecule has 0 rings (SSSR count). The zero-order chi connectivity index (χ0) is 44.2. The highest BCUT2D eigenvalue weighted by atomic mass is 16.3. The third-order valence-corrected chi connectivity index (χ3v) is 11.3. The smallest absolute Gasteiger partial charge is 0.220 e. The van der Waals surface area contributed by atoms with Crippen LogP contribution in [0.5, 0.6) is 0 Å². The Kier molecular flexibility index (Phi) is 49.4. The monoisotopic (exact) mass is 846 g/mol. The average Bonchev–Trinajstić information content (AvgIpc) is 3.26. The number of unbranched alkanes of at least 4 members (excludes halogenated alkanes) is 25. The van der Waals surface area contributed by atoms with E-state index in [9.17, 15) is 15.0 Å². The van der Waals surface area contributed by atoms with E-state index in [4.69, 9.17) is 0 Å². The van der Waals surface area contributed by atoms with Gasteiger partial charge in [0.25, 0.3) is 0 Å². The van der Waals surface area contributed by atoms with Crippen molar-refractivity contribution < 1.29 is 15.0 Å². The summed E-state index contributed by atoms with van der Waals surface area (Å²) in [7, 11) is 0. The van der Waals surface area contributed by atoms with Gasteiger partial charge in [-0.1, -0.05) is 239 Å². The molecule has 4 heteroatoms. The summed E-state index contributed by atoms with van der Waals surface area (Å²) in [5.41, 5.74) is 0. The number of aliphatic hydroxyl groups excluding tert-OH is 2. The molecule has 0 aliphatic heterocycles. The lowest BCUT2D eigenvalue weighted by Gasteiger charge is -2.19. The Hall–Kier alpha value is -2.69. The Balaban J connectivity index is 3.65. The van der Waals surface area contributed by atoms with Gasteiger partial charge in [-0.15, -0.1) is 0 Å². The summed E-state index contributed by atoms with van der Waals surface area (Å²) in [5, 5.41) is 23.1. The van der Waals surface area contributed by atoms with Crippen molar-refractivity contribution in [1.29, 1.82) is 0 Å². The number of hydrogen-bond acceptors (Lipinski definition) is 3. The first kappa shape index (κ1) is 58.3. The highest BCUT2D eigenvalue weighted by Gasteiger charge is 2.17. The number of rotatable bonds is 46. The van der Waals surface area contributed by atoms with Crippen molar-refractivity contribution >= 4 is 5.91 Å². The Labute approximate surface area is 379 Å². The van der Waals surface area contributed by atoms with E-state index in [0.717, 1.165) is 83.5 Å². The second kappa shape index (κ2) is 51.7. The molecule has 0 saturated carbocycles. The van der Waals surface area contributed by atoms with Gasteiger partial charge in [-0.2, -0.15) is 0 Å². The van der Waals surface area contributed by atoms with Crippen LogP contribution >= 0.6 is 0 Å². The second-order valence-corrected chi connectivity index (χ2v) is 17.2. The molecule has 350 valence electrons. The number of amides is 1. The quantitative estimate of drug-likeness (QED) is 0.0422. The van der Waals surface area contributed by atoms with Gasteiger partial charge in [-0.05, 0) is 89.9 Å². The Bertz CT molecular complexity index is 1140. The molecule has 2 unspecified atom stereocenters. The van der Waals surface area contributed by atoms with Crippen molar-refractivity contribution in [3.8, 4) is 0 Å². The van der Waals surface area contributed by atoms with Crippen LogP contribution < -0.4 is 5.32 Å². The zero-order valence-electron chi connectivity index (χ0n) is 40.2. The Morgan fingerprint density at radius 2 is 0.738 bits per heavy atom. The molecule has 0 radical (unpaired) electrons. The van der Waals surface area contributed by atoms with Crippen LogP contribution in [0.2, 0.25) is 0 Å². The van der Waals surface area contributed by atoms with Crippen LogP contribution in [0.15, 0.2) is 97.2 Å². The van der Waals surface area contributed by atoms with E-state index in [2.05, 4.69) is 104 Å². The number of allylic oxidation sites excluding steroid dienone is 15. The summed E-state index contributed by atoms with van der Waals surface area (Å²) in [6.45, 7) is 4.18. The summed E-state index contributed by atoms with van der Waals surface area (Å²) >= 11 is 0. The molecule has 3 N–H and O–H groups in total. The summed E-state index contributed by atoms with van der Waals surface area (Å²) in [5.74, 6) is -0.0921. The molecule has 0 aliphatic rings. The van der Waals surface area contributed by atoms with Gasteiger partial charge in [0.05, 0.1) is 18.8 Å². The molecule has 0 spiro atoms. The van der Waals surface area contributed by atoms with E-state index in [1.54, 1.807) is 6.08 Å². The van der Waals surface area contributed by atoms with Crippen molar-refractivity contribution in [2.45, 2.75) is 251 Å². The molecule has 0 fully saturated rings. The van der Waals surface area contributed by atoms with Crippen LogP contribution in [0.1, 0.15) is 239 Å². The van der Waals surface area contributed by atoms with Gasteiger partial charge in [0.2, 0.25) is 5.91 Å². The Morgan fingerprint density at radius 1 is 0.410 bits per heavy atom. The maximum Gasteiger partial charge on any atom is 0.220 e. The maximum atomic E-state index is 12.4. The molecule has 0 saturated heterocycles. The molecule has 0 aromatic carbocycles. The van der Waals surface area contributed by atoms with Crippen molar-refractivity contribution in [2.75, 3.05) is 6.61 Å². The molecule has 0 aromatic heterocycles. The molecule has 0 heterocycles. The first-order chi connectivity index (χ1) is 30.2. The van der Waals surface area contributed by atoms with E-state index in [-0.39, 0.29) is 12.5 Å². The molecule has 2 atom stereocenters. The van der Waals surface area contributed by atoms with Crippen molar-refractivity contribution in [3.05, 3.63) is 97.2 Å². The number of nitrogens with one attached hydrogen (secondary N) is 1. The van der Waals surface area contributed by atoms with E-state index in [0.29, 0.717) is 6.42 Å². The van der Waals surface area contributed by atoms with E-state index in [1.165, 1.54) is 135 Å². The van der Waals surface area contributed by atoms with Gasteiger partial charge in [-0.3, -0.25) is 4.79 Å². The van der Waals surface area contributed by atoms with E-state index >= 15 is 0 Å². The first-order valence-electron chi connectivity index (χ1n) is 26.0. The fourth-order valence-electron chi connectivity index (χ4n) is 7.35. The lowest BCUT2D eigenvalue weighted by atomic mass is 10.0. The predicted molar refractivity (Wildman–Crippen MR) is 271 cm³/mol. The minimum absolute atomic E-state index is 0.0921. The molecule has 1 amide bonds. The summed E-state index contributed by atoms with van der Waals surface area (Å²) in [4.78, 5) is 12.4. The minimum atomic E-state index is -0.882. The summed E-state index contributed by atoms with van der Waals surface area (Å²) < 4.78 is 0. The molecule has 0 aromatic rings. The second-order valence-electron chi connectivity index (χ2n) is 17.2. The summed E-state index contributed by atoms with van der Waals surface area (Å²) in [6, 6.07) is -0.659. The van der Waals surface area contributed by atoms with E-state index < -0.39 is 12.1 Å². The van der Waals surface area contributed by atoms with Gasteiger partial charge in [0.1, 0.15) is 0 Å². The van der Waals surface area contributed by atoms with Gasteiger partial charge >= 0.3 is 0 Å². The highest BCUT2D eigenvalue weighted by Crippen LogP contribution is 2.15. The lowest BCUT2D eigenvalue weighted by molar-refractivity contribution is -0.123. The van der Waals surface area contributed by atoms with Crippen LogP contribution in [0.4, 0.5) is 0 Å². The standard InChI is InChI=1S/C57H99NO3/c1-3-5-7-9-11-13-15-17-19-21-23-25-27-28-29-31-32-34-36-38-40-42-44-46-48-50-52-56(60)55(54-59)58-57(61)53-51-49-47-45-43-41-39-37-35-33-30-26-24-22-20-18-16-14-12-10-8-6-4-2/h6,8,12,14,18,20,24,26,33-36,42,44,50,52,55-56,59-60H,3-5,7,9-11,13,15-17,19,21-23,25,27-32,37-41,43,45-49,51,53-54H2,1-2H3,(H,58,61)/b8-6-,14-12-,20-18-,26-24-,35-33-,36-34+,44-42+,52-50+. The third-order valence-electron chi connectivity index (χ3n) is 11.3. The highest BCUT2D eigenvalue weighted by molar-refractivity contribution is 5.76. The van der Waals surface area contributed by atoms with Crippen molar-refractivity contribution in [2.24, 2.45) is 0 Å². The van der Waals surface area contributed by atoms with Crippen molar-refractivity contribution in [3.63, 3.8) is 0 Å². The zero-order valence-corrected chi connectivity index (χ0v) is 40.2. The fraction of sp³-hybridized carbons (Fsp3) is 0.702. The van der Waals surface area contributed by atoms with Gasteiger partial charge in [0, 0.05) is 6.42 Å². The maximum absolute atomic E-state index is 12.4. The molecule has 0 aliphatic carbocycles. The van der Waals surface area contributed by atoms with Gasteiger partial charge in [0.15, 0.2) is 0 Å². The first-order valence-corrected chi connectivity index (χ1v) is 26.0. The predicted octanol–water partition coefficient (Wildman–Crippen LogP) is 17.0. The normalized spacial score (nSPS) is 13.7. The number of carbonyl (C=O) groups is 1. The minimum Gasteiger partial charge on any atom is -0.394 e. The van der Waals surface area contributed by atoms with Crippen LogP contribution in [-0.2, 0) is 4.79 Å². The SMILES string of the molecule is CC/C=C\C/C=C\C/C=C\C/C=C\C/C=C\CCCCCCCCCC(=O)NC(CO)C(O)/C=C/CC/C=C/CC/C=C/CCCCCCCCCCCCCCCCCC. The molecular weight excluding hydrogens is 747 g/mol. The Morgan fingerprint density at radius 3 is 1.15 bits per heavy atom. The number of aliphatic hydroxyl groups is 2. The van der Waals surface area contributed by atoms with Gasteiger partial charge < -0.3 is 15.5 Å². The van der Waals surface area contributed by atoms with Crippen molar-refractivity contribution in [1.82, 2.24) is 5.32 Å². The average molecular weight is 846 g/mol.